The average Bonchev–Trinajstić information content (AvgIpc) is 3.30. The third kappa shape index (κ3) is 3.97. The standard InChI is InChI=1S/C25H29N3O2/c1-2-3-4-5-10-15-26-23(29)17-28-24(19-12-6-7-13-20(19)25(28)30)21-16-27-22-14-9-8-11-18(21)22/h6-9,11-14,16,24,27H,2-5,10,15,17H2,1H3,(H,26,29). The minimum absolute atomic E-state index is 0.0621. The Morgan fingerprint density at radius 2 is 1.77 bits per heavy atom. The van der Waals surface area contributed by atoms with E-state index in [9.17, 15) is 9.59 Å². The molecule has 5 heteroatoms. The number of aromatic amines is 1. The van der Waals surface area contributed by atoms with Crippen LogP contribution < -0.4 is 5.32 Å². The Bertz CT molecular complexity index is 1040. The van der Waals surface area contributed by atoms with Crippen molar-refractivity contribution in [2.75, 3.05) is 13.1 Å². The fraction of sp³-hybridized carbons (Fsp3) is 0.360. The first-order valence-corrected chi connectivity index (χ1v) is 10.9. The molecule has 0 saturated heterocycles. The van der Waals surface area contributed by atoms with Gasteiger partial charge in [0.2, 0.25) is 5.91 Å². The summed E-state index contributed by atoms with van der Waals surface area (Å²) in [5, 5.41) is 4.07. The number of fused-ring (bicyclic) bond motifs is 2. The Morgan fingerprint density at radius 3 is 2.63 bits per heavy atom. The van der Waals surface area contributed by atoms with Crippen LogP contribution in [-0.2, 0) is 4.79 Å². The minimum atomic E-state index is -0.264. The number of carbonyl (C=O) groups is 2. The Balaban J connectivity index is 1.53. The van der Waals surface area contributed by atoms with Gasteiger partial charge in [-0.3, -0.25) is 9.59 Å². The Morgan fingerprint density at radius 1 is 1.00 bits per heavy atom. The van der Waals surface area contributed by atoms with Gasteiger partial charge >= 0.3 is 0 Å². The molecule has 156 valence electrons. The summed E-state index contributed by atoms with van der Waals surface area (Å²) < 4.78 is 0. The third-order valence-corrected chi connectivity index (χ3v) is 5.89. The van der Waals surface area contributed by atoms with Crippen LogP contribution in [0.2, 0.25) is 0 Å². The lowest BCUT2D eigenvalue weighted by Gasteiger charge is -2.25. The second kappa shape index (κ2) is 9.16. The van der Waals surface area contributed by atoms with Crippen LogP contribution >= 0.6 is 0 Å². The summed E-state index contributed by atoms with van der Waals surface area (Å²) in [5.74, 6) is -0.185. The summed E-state index contributed by atoms with van der Waals surface area (Å²) in [7, 11) is 0. The minimum Gasteiger partial charge on any atom is -0.361 e. The van der Waals surface area contributed by atoms with E-state index in [0.29, 0.717) is 12.1 Å². The average molecular weight is 404 g/mol. The molecule has 0 bridgehead atoms. The van der Waals surface area contributed by atoms with Crippen LogP contribution in [-0.4, -0.2) is 34.8 Å². The number of nitrogens with zero attached hydrogens (tertiary/aromatic N) is 1. The Labute approximate surface area is 177 Å². The largest absolute Gasteiger partial charge is 0.361 e. The predicted octanol–water partition coefficient (Wildman–Crippen LogP) is 4.80. The summed E-state index contributed by atoms with van der Waals surface area (Å²) in [4.78, 5) is 30.8. The number of nitrogens with one attached hydrogen (secondary N) is 2. The van der Waals surface area contributed by atoms with Gasteiger partial charge in [0.05, 0.1) is 6.04 Å². The first kappa shape index (κ1) is 20.2. The van der Waals surface area contributed by atoms with Crippen LogP contribution in [0.3, 0.4) is 0 Å². The lowest BCUT2D eigenvalue weighted by Crippen LogP contribution is -2.39. The summed E-state index contributed by atoms with van der Waals surface area (Å²) >= 11 is 0. The maximum Gasteiger partial charge on any atom is 0.255 e. The zero-order valence-corrected chi connectivity index (χ0v) is 17.5. The van der Waals surface area contributed by atoms with Crippen molar-refractivity contribution in [1.82, 2.24) is 15.2 Å². The van der Waals surface area contributed by atoms with Gasteiger partial charge in [-0.2, -0.15) is 0 Å². The maximum atomic E-state index is 13.2. The number of hydrogen-bond donors (Lipinski definition) is 2. The first-order chi connectivity index (χ1) is 14.7. The molecule has 30 heavy (non-hydrogen) atoms. The van der Waals surface area contributed by atoms with Gasteiger partial charge in [-0.25, -0.2) is 0 Å². The SMILES string of the molecule is CCCCCCCNC(=O)CN1C(=O)c2ccccc2C1c1c[nH]c2ccccc12. The zero-order valence-electron chi connectivity index (χ0n) is 17.5. The molecule has 3 aromatic rings. The molecule has 2 heterocycles. The van der Waals surface area contributed by atoms with Crippen molar-refractivity contribution in [2.45, 2.75) is 45.1 Å². The first-order valence-electron chi connectivity index (χ1n) is 10.9. The van der Waals surface area contributed by atoms with Gasteiger partial charge in [-0.05, 0) is 24.1 Å². The highest BCUT2D eigenvalue weighted by Gasteiger charge is 2.39. The molecule has 1 unspecified atom stereocenters. The molecule has 4 rings (SSSR count). The molecule has 0 saturated carbocycles. The van der Waals surface area contributed by atoms with Gasteiger partial charge in [0, 0.05) is 34.8 Å². The lowest BCUT2D eigenvalue weighted by molar-refractivity contribution is -0.122. The highest BCUT2D eigenvalue weighted by molar-refractivity contribution is 6.02. The van der Waals surface area contributed by atoms with Crippen LogP contribution in [0.15, 0.2) is 54.7 Å². The Hall–Kier alpha value is -3.08. The topological polar surface area (TPSA) is 65.2 Å². The normalized spacial score (nSPS) is 15.6. The van der Waals surface area contributed by atoms with Gasteiger partial charge in [0.25, 0.3) is 5.91 Å². The van der Waals surface area contributed by atoms with E-state index in [1.807, 2.05) is 48.7 Å². The summed E-state index contributed by atoms with van der Waals surface area (Å²) in [6, 6.07) is 15.5. The number of carbonyl (C=O) groups excluding carboxylic acids is 2. The lowest BCUT2D eigenvalue weighted by atomic mass is 9.97. The molecular weight excluding hydrogens is 374 g/mol. The van der Waals surface area contributed by atoms with E-state index in [1.54, 1.807) is 4.90 Å². The van der Waals surface area contributed by atoms with Gasteiger partial charge in [-0.1, -0.05) is 69.0 Å². The predicted molar refractivity (Wildman–Crippen MR) is 119 cm³/mol. The number of para-hydroxylation sites is 1. The molecule has 0 aliphatic carbocycles. The third-order valence-electron chi connectivity index (χ3n) is 5.89. The Kier molecular flexibility index (Phi) is 6.17. The van der Waals surface area contributed by atoms with E-state index in [4.69, 9.17) is 0 Å². The molecule has 2 aromatic carbocycles. The van der Waals surface area contributed by atoms with Crippen molar-refractivity contribution in [3.8, 4) is 0 Å². The van der Waals surface area contributed by atoms with Gasteiger partial charge in [-0.15, -0.1) is 0 Å². The molecule has 2 amide bonds. The number of hydrogen-bond acceptors (Lipinski definition) is 2. The van der Waals surface area contributed by atoms with Crippen molar-refractivity contribution < 1.29 is 9.59 Å². The molecule has 1 aromatic heterocycles. The van der Waals surface area contributed by atoms with Crippen LogP contribution in [0.1, 0.15) is 66.6 Å². The van der Waals surface area contributed by atoms with Crippen LogP contribution in [0, 0.1) is 0 Å². The zero-order chi connectivity index (χ0) is 20.9. The van der Waals surface area contributed by atoms with Crippen molar-refractivity contribution in [2.24, 2.45) is 0 Å². The van der Waals surface area contributed by atoms with Crippen LogP contribution in [0.4, 0.5) is 0 Å². The smallest absolute Gasteiger partial charge is 0.255 e. The molecule has 2 N–H and O–H groups in total. The van der Waals surface area contributed by atoms with Crippen molar-refractivity contribution in [3.05, 3.63) is 71.4 Å². The highest BCUT2D eigenvalue weighted by Crippen LogP contribution is 2.40. The van der Waals surface area contributed by atoms with Crippen molar-refractivity contribution >= 4 is 22.7 Å². The molecule has 0 radical (unpaired) electrons. The number of H-pyrrole nitrogens is 1. The van der Waals surface area contributed by atoms with Gasteiger partial charge in [0.15, 0.2) is 0 Å². The molecular formula is C25H29N3O2. The highest BCUT2D eigenvalue weighted by atomic mass is 16.2. The summed E-state index contributed by atoms with van der Waals surface area (Å²) in [5.41, 5.74) is 3.69. The van der Waals surface area contributed by atoms with E-state index in [2.05, 4.69) is 23.3 Å². The molecule has 1 atom stereocenters. The molecule has 1 aliphatic heterocycles. The van der Waals surface area contributed by atoms with E-state index < -0.39 is 0 Å². The van der Waals surface area contributed by atoms with E-state index in [0.717, 1.165) is 34.9 Å². The number of aromatic nitrogens is 1. The van der Waals surface area contributed by atoms with Crippen molar-refractivity contribution in [1.29, 1.82) is 0 Å². The fourth-order valence-electron chi connectivity index (χ4n) is 4.36. The maximum absolute atomic E-state index is 13.2. The van der Waals surface area contributed by atoms with Gasteiger partial charge in [0.1, 0.15) is 6.54 Å². The molecule has 0 fully saturated rings. The second-order valence-electron chi connectivity index (χ2n) is 7.98. The summed E-state index contributed by atoms with van der Waals surface area (Å²) in [6.07, 6.45) is 7.71. The summed E-state index contributed by atoms with van der Waals surface area (Å²) in [6.45, 7) is 2.92. The van der Waals surface area contributed by atoms with Gasteiger partial charge < -0.3 is 15.2 Å². The van der Waals surface area contributed by atoms with E-state index in [-0.39, 0.29) is 24.4 Å². The second-order valence-corrected chi connectivity index (χ2v) is 7.98. The van der Waals surface area contributed by atoms with Crippen LogP contribution in [0.25, 0.3) is 10.9 Å². The number of rotatable bonds is 9. The van der Waals surface area contributed by atoms with Crippen molar-refractivity contribution in [3.63, 3.8) is 0 Å². The van der Waals surface area contributed by atoms with E-state index >= 15 is 0 Å². The monoisotopic (exact) mass is 403 g/mol. The quantitative estimate of drug-likeness (QED) is 0.504. The molecule has 5 nitrogen and oxygen atoms in total. The van der Waals surface area contributed by atoms with E-state index in [1.165, 1.54) is 19.3 Å². The molecule has 1 aliphatic rings. The van der Waals surface area contributed by atoms with Crippen LogP contribution in [0.5, 0.6) is 0 Å². The number of amides is 2. The molecule has 0 spiro atoms. The fourth-order valence-corrected chi connectivity index (χ4v) is 4.36. The number of unbranched alkanes of at least 4 members (excludes halogenated alkanes) is 4. The number of benzene rings is 2.